The van der Waals surface area contributed by atoms with Gasteiger partial charge < -0.3 is 10.6 Å². The molecule has 2 heterocycles. The van der Waals surface area contributed by atoms with E-state index in [1.165, 1.54) is 12.0 Å². The zero-order chi connectivity index (χ0) is 15.8. The van der Waals surface area contributed by atoms with Crippen LogP contribution in [0.2, 0.25) is 0 Å². The van der Waals surface area contributed by atoms with Crippen LogP contribution in [0.5, 0.6) is 0 Å². The second-order valence-electron chi connectivity index (χ2n) is 7.52. The van der Waals surface area contributed by atoms with Crippen LogP contribution in [0.4, 0.5) is 0 Å². The van der Waals surface area contributed by atoms with Crippen molar-refractivity contribution < 1.29 is 4.79 Å². The van der Waals surface area contributed by atoms with Gasteiger partial charge in [0.1, 0.15) is 0 Å². The number of carbonyl (C=O) groups excluding carboxylic acids is 1. The van der Waals surface area contributed by atoms with Gasteiger partial charge in [0.05, 0.1) is 6.04 Å². The van der Waals surface area contributed by atoms with Crippen molar-refractivity contribution in [3.63, 3.8) is 0 Å². The van der Waals surface area contributed by atoms with E-state index >= 15 is 0 Å². The third-order valence-electron chi connectivity index (χ3n) is 6.10. The summed E-state index contributed by atoms with van der Waals surface area (Å²) < 4.78 is 0. The molecule has 0 bridgehead atoms. The minimum absolute atomic E-state index is 0. The molecule has 2 N–H and O–H groups in total. The second-order valence-corrected chi connectivity index (χ2v) is 7.52. The highest BCUT2D eigenvalue weighted by Crippen LogP contribution is 2.38. The zero-order valence-electron chi connectivity index (χ0n) is 14.1. The zero-order valence-corrected chi connectivity index (χ0v) is 15.0. The normalized spacial score (nSPS) is 32.6. The first-order valence-corrected chi connectivity index (χ1v) is 9.04. The van der Waals surface area contributed by atoms with Crippen LogP contribution >= 0.6 is 12.4 Å². The van der Waals surface area contributed by atoms with Crippen molar-refractivity contribution in [2.45, 2.75) is 44.3 Å². The predicted molar refractivity (Wildman–Crippen MR) is 97.9 cm³/mol. The second kappa shape index (κ2) is 7.42. The number of hydrogen-bond acceptors (Lipinski definition) is 3. The lowest BCUT2D eigenvalue weighted by Gasteiger charge is -2.28. The van der Waals surface area contributed by atoms with E-state index < -0.39 is 0 Å². The van der Waals surface area contributed by atoms with Crippen molar-refractivity contribution in [1.82, 2.24) is 9.80 Å². The highest BCUT2D eigenvalue weighted by molar-refractivity contribution is 5.85. The molecule has 2 aliphatic heterocycles. The molecule has 1 saturated carbocycles. The first-order valence-electron chi connectivity index (χ1n) is 9.04. The van der Waals surface area contributed by atoms with E-state index in [9.17, 15) is 4.79 Å². The van der Waals surface area contributed by atoms with E-state index in [0.29, 0.717) is 23.8 Å². The van der Waals surface area contributed by atoms with Gasteiger partial charge in [-0.3, -0.25) is 9.69 Å². The Bertz CT molecular complexity index is 567. The SMILES string of the molecule is Cl.NC1CCC2CN(C(=O)C3CCCN3Cc3ccccc3)CC12. The maximum absolute atomic E-state index is 13.0. The van der Waals surface area contributed by atoms with Gasteiger partial charge in [-0.15, -0.1) is 12.4 Å². The summed E-state index contributed by atoms with van der Waals surface area (Å²) in [6, 6.07) is 10.9. The topological polar surface area (TPSA) is 49.6 Å². The number of halogens is 1. The van der Waals surface area contributed by atoms with Crippen LogP contribution in [-0.2, 0) is 11.3 Å². The average molecular weight is 350 g/mol. The highest BCUT2D eigenvalue weighted by Gasteiger charge is 2.44. The smallest absolute Gasteiger partial charge is 0.239 e. The standard InChI is InChI=1S/C19H27N3O.ClH/c20-17-9-8-15-12-22(13-16(15)17)19(23)18-7-4-10-21(18)11-14-5-2-1-3-6-14;/h1-3,5-6,15-18H,4,7-13,20H2;1H. The Labute approximate surface area is 150 Å². The van der Waals surface area contributed by atoms with Crippen molar-refractivity contribution in [3.05, 3.63) is 35.9 Å². The molecule has 1 aromatic carbocycles. The molecule has 4 rings (SSSR count). The lowest BCUT2D eigenvalue weighted by atomic mass is 9.98. The number of nitrogens with two attached hydrogens (primary N) is 1. The van der Waals surface area contributed by atoms with Crippen molar-refractivity contribution in [1.29, 1.82) is 0 Å². The number of amides is 1. The summed E-state index contributed by atoms with van der Waals surface area (Å²) in [4.78, 5) is 17.5. The van der Waals surface area contributed by atoms with Crippen molar-refractivity contribution >= 4 is 18.3 Å². The number of rotatable bonds is 3. The molecule has 2 saturated heterocycles. The van der Waals surface area contributed by atoms with Crippen molar-refractivity contribution in [2.24, 2.45) is 17.6 Å². The maximum Gasteiger partial charge on any atom is 0.239 e. The molecule has 1 amide bonds. The Kier molecular flexibility index (Phi) is 5.48. The van der Waals surface area contributed by atoms with E-state index in [-0.39, 0.29) is 18.4 Å². The first-order chi connectivity index (χ1) is 11.2. The molecule has 4 unspecified atom stereocenters. The van der Waals surface area contributed by atoms with Gasteiger partial charge in [0, 0.05) is 25.7 Å². The maximum atomic E-state index is 13.0. The van der Waals surface area contributed by atoms with E-state index in [1.54, 1.807) is 0 Å². The molecule has 132 valence electrons. The third-order valence-corrected chi connectivity index (χ3v) is 6.10. The lowest BCUT2D eigenvalue weighted by molar-refractivity contribution is -0.135. The number of fused-ring (bicyclic) bond motifs is 1. The summed E-state index contributed by atoms with van der Waals surface area (Å²) in [7, 11) is 0. The van der Waals surface area contributed by atoms with Gasteiger partial charge in [-0.25, -0.2) is 0 Å². The molecule has 0 spiro atoms. The Hall–Kier alpha value is -1.10. The summed E-state index contributed by atoms with van der Waals surface area (Å²) >= 11 is 0. The van der Waals surface area contributed by atoms with Gasteiger partial charge in [-0.2, -0.15) is 0 Å². The van der Waals surface area contributed by atoms with Gasteiger partial charge in [0.2, 0.25) is 5.91 Å². The van der Waals surface area contributed by atoms with Gasteiger partial charge in [-0.1, -0.05) is 30.3 Å². The van der Waals surface area contributed by atoms with Crippen LogP contribution in [0, 0.1) is 11.8 Å². The van der Waals surface area contributed by atoms with Gasteiger partial charge in [-0.05, 0) is 49.6 Å². The van der Waals surface area contributed by atoms with E-state index in [2.05, 4.69) is 34.1 Å². The minimum Gasteiger partial charge on any atom is -0.341 e. The van der Waals surface area contributed by atoms with Crippen LogP contribution in [0.15, 0.2) is 30.3 Å². The molecular formula is C19H28ClN3O. The highest BCUT2D eigenvalue weighted by atomic mass is 35.5. The largest absolute Gasteiger partial charge is 0.341 e. The molecule has 24 heavy (non-hydrogen) atoms. The van der Waals surface area contributed by atoms with Crippen molar-refractivity contribution in [3.8, 4) is 0 Å². The third kappa shape index (κ3) is 3.32. The Morgan fingerprint density at radius 1 is 1.12 bits per heavy atom. The first kappa shape index (κ1) is 17.7. The number of hydrogen-bond donors (Lipinski definition) is 1. The average Bonchev–Trinajstić information content (AvgIpc) is 3.26. The Balaban J connectivity index is 0.00000169. The van der Waals surface area contributed by atoms with Crippen LogP contribution in [0.25, 0.3) is 0 Å². The molecule has 4 atom stereocenters. The fourth-order valence-corrected chi connectivity index (χ4v) is 4.81. The summed E-state index contributed by atoms with van der Waals surface area (Å²) in [5.41, 5.74) is 7.52. The molecular weight excluding hydrogens is 322 g/mol. The number of benzene rings is 1. The number of nitrogens with zero attached hydrogens (tertiary/aromatic N) is 2. The predicted octanol–water partition coefficient (Wildman–Crippen LogP) is 2.27. The van der Waals surface area contributed by atoms with Crippen molar-refractivity contribution in [2.75, 3.05) is 19.6 Å². The quantitative estimate of drug-likeness (QED) is 0.910. The van der Waals surface area contributed by atoms with E-state index in [4.69, 9.17) is 5.73 Å². The van der Waals surface area contributed by atoms with Crippen LogP contribution < -0.4 is 5.73 Å². The molecule has 5 heteroatoms. The molecule has 3 fully saturated rings. The van der Waals surface area contributed by atoms with Crippen LogP contribution in [0.1, 0.15) is 31.2 Å². The van der Waals surface area contributed by atoms with E-state index in [1.807, 2.05) is 6.07 Å². The van der Waals surface area contributed by atoms with E-state index in [0.717, 1.165) is 45.4 Å². The lowest BCUT2D eigenvalue weighted by Crippen LogP contribution is -2.45. The summed E-state index contributed by atoms with van der Waals surface area (Å²) in [6.45, 7) is 3.75. The summed E-state index contributed by atoms with van der Waals surface area (Å²) in [5, 5.41) is 0. The number of likely N-dealkylation sites (tertiary alicyclic amines) is 2. The van der Waals surface area contributed by atoms with Crippen LogP contribution in [0.3, 0.4) is 0 Å². The molecule has 3 aliphatic rings. The van der Waals surface area contributed by atoms with Crippen LogP contribution in [-0.4, -0.2) is 47.4 Å². The van der Waals surface area contributed by atoms with Gasteiger partial charge in [0.25, 0.3) is 0 Å². The molecule has 4 nitrogen and oxygen atoms in total. The number of carbonyl (C=O) groups is 1. The summed E-state index contributed by atoms with van der Waals surface area (Å²) in [6.07, 6.45) is 4.47. The Morgan fingerprint density at radius 2 is 1.92 bits per heavy atom. The molecule has 0 aromatic heterocycles. The fourth-order valence-electron chi connectivity index (χ4n) is 4.81. The fraction of sp³-hybridized carbons (Fsp3) is 0.632. The minimum atomic E-state index is 0. The molecule has 1 aliphatic carbocycles. The molecule has 1 aromatic rings. The monoisotopic (exact) mass is 349 g/mol. The van der Waals surface area contributed by atoms with Gasteiger partial charge >= 0.3 is 0 Å². The summed E-state index contributed by atoms with van der Waals surface area (Å²) in [5.74, 6) is 1.54. The molecule has 0 radical (unpaired) electrons. The van der Waals surface area contributed by atoms with Gasteiger partial charge in [0.15, 0.2) is 0 Å². The Morgan fingerprint density at radius 3 is 2.67 bits per heavy atom.